The zero-order chi connectivity index (χ0) is 9.69. The molecule has 4 unspecified atom stereocenters. The van der Waals surface area contributed by atoms with E-state index in [9.17, 15) is 5.11 Å². The van der Waals surface area contributed by atoms with Gasteiger partial charge in [0.05, 0.1) is 5.60 Å². The van der Waals surface area contributed by atoms with Crippen molar-refractivity contribution in [2.45, 2.75) is 45.1 Å². The average Bonchev–Trinajstić information content (AvgIpc) is 2.87. The molecule has 2 nitrogen and oxygen atoms in total. The number of aliphatic hydroxyl groups is 1. The van der Waals surface area contributed by atoms with E-state index >= 15 is 0 Å². The molecule has 76 valence electrons. The van der Waals surface area contributed by atoms with E-state index in [0.29, 0.717) is 12.5 Å². The van der Waals surface area contributed by atoms with E-state index in [-0.39, 0.29) is 5.41 Å². The van der Waals surface area contributed by atoms with Crippen LogP contribution in [0.25, 0.3) is 0 Å². The number of nitrogens with two attached hydrogens (primary N) is 1. The molecule has 4 atom stereocenters. The lowest BCUT2D eigenvalue weighted by molar-refractivity contribution is -0.0859. The standard InChI is InChI=1S/C11H21NO/c1-3-10(2,7-12)11(13)5-4-8-6-9(8)11/h8-9,13H,3-7,12H2,1-2H3. The van der Waals surface area contributed by atoms with Gasteiger partial charge in [-0.1, -0.05) is 13.8 Å². The summed E-state index contributed by atoms with van der Waals surface area (Å²) in [4.78, 5) is 0. The van der Waals surface area contributed by atoms with Crippen LogP contribution in [0.2, 0.25) is 0 Å². The van der Waals surface area contributed by atoms with Crippen molar-refractivity contribution >= 4 is 0 Å². The Morgan fingerprint density at radius 2 is 2.31 bits per heavy atom. The van der Waals surface area contributed by atoms with Gasteiger partial charge in [0.25, 0.3) is 0 Å². The Bertz CT molecular complexity index is 212. The quantitative estimate of drug-likeness (QED) is 0.697. The molecule has 0 spiro atoms. The van der Waals surface area contributed by atoms with E-state index in [1.807, 2.05) is 0 Å². The molecule has 2 fully saturated rings. The molecule has 0 aromatic heterocycles. The molecule has 2 rings (SSSR count). The maximum Gasteiger partial charge on any atom is 0.0743 e. The van der Waals surface area contributed by atoms with Crippen LogP contribution in [0, 0.1) is 17.3 Å². The molecule has 0 amide bonds. The molecular weight excluding hydrogens is 162 g/mol. The van der Waals surface area contributed by atoms with Gasteiger partial charge in [-0.3, -0.25) is 0 Å². The van der Waals surface area contributed by atoms with E-state index in [4.69, 9.17) is 5.73 Å². The molecule has 0 radical (unpaired) electrons. The van der Waals surface area contributed by atoms with Gasteiger partial charge in [0, 0.05) is 12.0 Å². The maximum absolute atomic E-state index is 10.6. The second kappa shape index (κ2) is 2.71. The summed E-state index contributed by atoms with van der Waals surface area (Å²) in [6, 6.07) is 0. The molecule has 3 N–H and O–H groups in total. The van der Waals surface area contributed by atoms with E-state index in [1.54, 1.807) is 0 Å². The van der Waals surface area contributed by atoms with Crippen molar-refractivity contribution in [3.63, 3.8) is 0 Å². The Balaban J connectivity index is 2.21. The minimum Gasteiger partial charge on any atom is -0.389 e. The molecule has 2 saturated carbocycles. The first kappa shape index (κ1) is 9.47. The first-order chi connectivity index (χ1) is 6.07. The van der Waals surface area contributed by atoms with Gasteiger partial charge in [-0.05, 0) is 37.5 Å². The van der Waals surface area contributed by atoms with Crippen LogP contribution < -0.4 is 5.73 Å². The van der Waals surface area contributed by atoms with Crippen molar-refractivity contribution < 1.29 is 5.11 Å². The third kappa shape index (κ3) is 1.08. The second-order valence-corrected chi connectivity index (χ2v) is 5.18. The fourth-order valence-electron chi connectivity index (χ4n) is 3.12. The highest BCUT2D eigenvalue weighted by Crippen LogP contribution is 2.63. The van der Waals surface area contributed by atoms with Crippen molar-refractivity contribution in [1.82, 2.24) is 0 Å². The molecular formula is C11H21NO. The largest absolute Gasteiger partial charge is 0.389 e. The Hall–Kier alpha value is -0.0800. The summed E-state index contributed by atoms with van der Waals surface area (Å²) >= 11 is 0. The summed E-state index contributed by atoms with van der Waals surface area (Å²) in [5.41, 5.74) is 5.31. The van der Waals surface area contributed by atoms with Crippen LogP contribution >= 0.6 is 0 Å². The van der Waals surface area contributed by atoms with Crippen LogP contribution in [0.4, 0.5) is 0 Å². The van der Waals surface area contributed by atoms with Gasteiger partial charge in [-0.15, -0.1) is 0 Å². The molecule has 2 aliphatic rings. The maximum atomic E-state index is 10.6. The minimum atomic E-state index is -0.443. The molecule has 13 heavy (non-hydrogen) atoms. The lowest BCUT2D eigenvalue weighted by Crippen LogP contribution is -2.50. The van der Waals surface area contributed by atoms with Crippen molar-refractivity contribution in [3.8, 4) is 0 Å². The van der Waals surface area contributed by atoms with Crippen LogP contribution in [-0.4, -0.2) is 17.3 Å². The van der Waals surface area contributed by atoms with Crippen molar-refractivity contribution in [1.29, 1.82) is 0 Å². The molecule has 2 aliphatic carbocycles. The molecule has 0 saturated heterocycles. The monoisotopic (exact) mass is 183 g/mol. The average molecular weight is 183 g/mol. The Labute approximate surface area is 80.5 Å². The Morgan fingerprint density at radius 1 is 1.62 bits per heavy atom. The summed E-state index contributed by atoms with van der Waals surface area (Å²) < 4.78 is 0. The third-order valence-corrected chi connectivity index (χ3v) is 4.71. The predicted molar refractivity (Wildman–Crippen MR) is 53.2 cm³/mol. The normalized spacial score (nSPS) is 47.1. The predicted octanol–water partition coefficient (Wildman–Crippen LogP) is 1.52. The van der Waals surface area contributed by atoms with Gasteiger partial charge in [-0.25, -0.2) is 0 Å². The molecule has 2 heteroatoms. The summed E-state index contributed by atoms with van der Waals surface area (Å²) in [6.07, 6.45) is 4.43. The molecule has 0 aliphatic heterocycles. The van der Waals surface area contributed by atoms with Gasteiger partial charge in [0.1, 0.15) is 0 Å². The lowest BCUT2D eigenvalue weighted by Gasteiger charge is -2.43. The summed E-state index contributed by atoms with van der Waals surface area (Å²) in [5, 5.41) is 10.6. The van der Waals surface area contributed by atoms with Gasteiger partial charge in [0.15, 0.2) is 0 Å². The zero-order valence-electron chi connectivity index (χ0n) is 8.71. The number of rotatable bonds is 3. The van der Waals surface area contributed by atoms with E-state index in [0.717, 1.165) is 18.8 Å². The van der Waals surface area contributed by atoms with Gasteiger partial charge >= 0.3 is 0 Å². The summed E-state index contributed by atoms with van der Waals surface area (Å²) in [6.45, 7) is 4.90. The van der Waals surface area contributed by atoms with Gasteiger partial charge < -0.3 is 10.8 Å². The van der Waals surface area contributed by atoms with Crippen molar-refractivity contribution in [2.75, 3.05) is 6.54 Å². The highest BCUT2D eigenvalue weighted by Gasteiger charge is 2.63. The van der Waals surface area contributed by atoms with Crippen molar-refractivity contribution in [3.05, 3.63) is 0 Å². The Morgan fingerprint density at radius 3 is 2.62 bits per heavy atom. The second-order valence-electron chi connectivity index (χ2n) is 5.18. The van der Waals surface area contributed by atoms with E-state index in [1.165, 1.54) is 12.8 Å². The van der Waals surface area contributed by atoms with Crippen LogP contribution in [0.5, 0.6) is 0 Å². The summed E-state index contributed by atoms with van der Waals surface area (Å²) in [7, 11) is 0. The van der Waals surface area contributed by atoms with Gasteiger partial charge in [0.2, 0.25) is 0 Å². The van der Waals surface area contributed by atoms with Crippen LogP contribution in [0.1, 0.15) is 39.5 Å². The molecule has 0 aromatic carbocycles. The zero-order valence-corrected chi connectivity index (χ0v) is 8.71. The topological polar surface area (TPSA) is 46.2 Å². The van der Waals surface area contributed by atoms with Crippen LogP contribution in [0.15, 0.2) is 0 Å². The van der Waals surface area contributed by atoms with Gasteiger partial charge in [-0.2, -0.15) is 0 Å². The van der Waals surface area contributed by atoms with Crippen LogP contribution in [-0.2, 0) is 0 Å². The molecule has 0 heterocycles. The lowest BCUT2D eigenvalue weighted by atomic mass is 9.68. The highest BCUT2D eigenvalue weighted by molar-refractivity contribution is 5.14. The van der Waals surface area contributed by atoms with E-state index in [2.05, 4.69) is 13.8 Å². The fraction of sp³-hybridized carbons (Fsp3) is 1.00. The SMILES string of the molecule is CCC(C)(CN)C1(O)CCC2CC21. The minimum absolute atomic E-state index is 0.0527. The molecule has 0 aromatic rings. The van der Waals surface area contributed by atoms with E-state index < -0.39 is 5.60 Å². The number of hydrogen-bond donors (Lipinski definition) is 2. The fourth-order valence-corrected chi connectivity index (χ4v) is 3.12. The molecule has 0 bridgehead atoms. The first-order valence-corrected chi connectivity index (χ1v) is 5.50. The first-order valence-electron chi connectivity index (χ1n) is 5.50. The Kier molecular flexibility index (Phi) is 1.97. The van der Waals surface area contributed by atoms with Crippen molar-refractivity contribution in [2.24, 2.45) is 23.0 Å². The van der Waals surface area contributed by atoms with Crippen LogP contribution in [0.3, 0.4) is 0 Å². The summed E-state index contributed by atoms with van der Waals surface area (Å²) in [5.74, 6) is 1.39. The highest BCUT2D eigenvalue weighted by atomic mass is 16.3. The number of hydrogen-bond acceptors (Lipinski definition) is 2. The number of fused-ring (bicyclic) bond motifs is 1. The smallest absolute Gasteiger partial charge is 0.0743 e. The third-order valence-electron chi connectivity index (χ3n) is 4.71.